The van der Waals surface area contributed by atoms with E-state index in [1.807, 2.05) is 12.1 Å². The first-order valence-electron chi connectivity index (χ1n) is 5.85. The minimum Gasteiger partial charge on any atom is -0.375 e. The fraction of sp³-hybridized carbons (Fsp3) is 0.538. The Morgan fingerprint density at radius 2 is 2.24 bits per heavy atom. The molecule has 1 fully saturated rings. The first-order valence-corrected chi connectivity index (χ1v) is 7.35. The molecule has 1 aromatic rings. The first-order chi connectivity index (χ1) is 8.13. The van der Waals surface area contributed by atoms with Crippen LogP contribution in [0.1, 0.15) is 19.4 Å². The van der Waals surface area contributed by atoms with Gasteiger partial charge in [0.25, 0.3) is 0 Å². The molecule has 0 saturated carbocycles. The van der Waals surface area contributed by atoms with E-state index in [4.69, 9.17) is 16.3 Å². The van der Waals surface area contributed by atoms with E-state index in [9.17, 15) is 0 Å². The summed E-state index contributed by atoms with van der Waals surface area (Å²) in [6.45, 7) is 5.99. The van der Waals surface area contributed by atoms with Crippen molar-refractivity contribution in [3.8, 4) is 0 Å². The molecule has 2 unspecified atom stereocenters. The molecule has 1 saturated heterocycles. The van der Waals surface area contributed by atoms with Crippen molar-refractivity contribution in [2.75, 3.05) is 18.1 Å². The Balaban J connectivity index is 2.35. The average Bonchev–Trinajstić information content (AvgIpc) is 2.32. The van der Waals surface area contributed by atoms with Crippen LogP contribution >= 0.6 is 27.5 Å². The van der Waals surface area contributed by atoms with Crippen molar-refractivity contribution in [2.45, 2.75) is 31.3 Å². The quantitative estimate of drug-likeness (QED) is 0.768. The smallest absolute Gasteiger partial charge is 0.0723 e. The molecule has 1 aliphatic heterocycles. The zero-order valence-electron chi connectivity index (χ0n) is 10.1. The summed E-state index contributed by atoms with van der Waals surface area (Å²) >= 11 is 9.76. The molecular weight excluding hydrogens is 302 g/mol. The van der Waals surface area contributed by atoms with Crippen molar-refractivity contribution < 1.29 is 4.74 Å². The van der Waals surface area contributed by atoms with Crippen LogP contribution in [-0.4, -0.2) is 25.3 Å². The van der Waals surface area contributed by atoms with Gasteiger partial charge in [-0.05, 0) is 26.0 Å². The molecule has 0 amide bonds. The van der Waals surface area contributed by atoms with Crippen molar-refractivity contribution in [3.05, 3.63) is 28.8 Å². The van der Waals surface area contributed by atoms with E-state index < -0.39 is 0 Å². The normalized spacial score (nSPS) is 25.1. The van der Waals surface area contributed by atoms with Crippen LogP contribution < -0.4 is 4.90 Å². The lowest BCUT2D eigenvalue weighted by Crippen LogP contribution is -2.47. The highest BCUT2D eigenvalue weighted by Crippen LogP contribution is 2.32. The molecule has 1 aliphatic rings. The van der Waals surface area contributed by atoms with Gasteiger partial charge in [-0.15, -0.1) is 0 Å². The Labute approximate surface area is 116 Å². The highest BCUT2D eigenvalue weighted by atomic mass is 79.9. The SMILES string of the molecule is CC1CN(c2cccc(Cl)c2CBr)C(C)CO1. The molecule has 1 heterocycles. The Morgan fingerprint density at radius 1 is 1.47 bits per heavy atom. The summed E-state index contributed by atoms with van der Waals surface area (Å²) < 4.78 is 5.66. The first kappa shape index (κ1) is 13.2. The molecule has 4 heteroatoms. The van der Waals surface area contributed by atoms with Crippen LogP contribution in [0.15, 0.2) is 18.2 Å². The molecule has 0 aliphatic carbocycles. The third kappa shape index (κ3) is 2.78. The molecule has 0 radical (unpaired) electrons. The molecule has 2 atom stereocenters. The topological polar surface area (TPSA) is 12.5 Å². The van der Waals surface area contributed by atoms with E-state index in [-0.39, 0.29) is 6.10 Å². The van der Waals surface area contributed by atoms with E-state index in [1.165, 1.54) is 5.69 Å². The molecule has 1 aromatic carbocycles. The number of morpholine rings is 1. The second-order valence-electron chi connectivity index (χ2n) is 4.52. The summed E-state index contributed by atoms with van der Waals surface area (Å²) in [4.78, 5) is 2.39. The molecule has 94 valence electrons. The van der Waals surface area contributed by atoms with Crippen molar-refractivity contribution in [3.63, 3.8) is 0 Å². The standard InChI is InChI=1S/C13H17BrClNO/c1-9-8-17-10(2)7-16(9)13-5-3-4-12(15)11(13)6-14/h3-5,9-10H,6-8H2,1-2H3. The second kappa shape index (κ2) is 5.59. The lowest BCUT2D eigenvalue weighted by molar-refractivity contribution is 0.0343. The summed E-state index contributed by atoms with van der Waals surface area (Å²) in [6.07, 6.45) is 0.272. The number of ether oxygens (including phenoxy) is 1. The maximum absolute atomic E-state index is 6.24. The minimum atomic E-state index is 0.272. The zero-order chi connectivity index (χ0) is 12.4. The molecule has 0 bridgehead atoms. The molecule has 0 N–H and O–H groups in total. The van der Waals surface area contributed by atoms with E-state index >= 15 is 0 Å². The fourth-order valence-electron chi connectivity index (χ4n) is 2.19. The number of alkyl halides is 1. The van der Waals surface area contributed by atoms with Crippen LogP contribution in [0.2, 0.25) is 5.02 Å². The molecular formula is C13H17BrClNO. The van der Waals surface area contributed by atoms with Crippen LogP contribution in [0, 0.1) is 0 Å². The molecule has 0 aromatic heterocycles. The number of halogens is 2. The number of hydrogen-bond acceptors (Lipinski definition) is 2. The van der Waals surface area contributed by atoms with E-state index in [0.29, 0.717) is 6.04 Å². The van der Waals surface area contributed by atoms with Crippen LogP contribution in [0.4, 0.5) is 5.69 Å². The van der Waals surface area contributed by atoms with Gasteiger partial charge < -0.3 is 9.64 Å². The van der Waals surface area contributed by atoms with Gasteiger partial charge >= 0.3 is 0 Å². The molecule has 2 nitrogen and oxygen atoms in total. The minimum absolute atomic E-state index is 0.272. The molecule has 0 spiro atoms. The van der Waals surface area contributed by atoms with E-state index in [1.54, 1.807) is 0 Å². The summed E-state index contributed by atoms with van der Waals surface area (Å²) in [5.41, 5.74) is 2.38. The number of rotatable bonds is 2. The Kier molecular flexibility index (Phi) is 4.34. The maximum Gasteiger partial charge on any atom is 0.0723 e. The predicted octanol–water partition coefficient (Wildman–Crippen LogP) is 3.85. The number of hydrogen-bond donors (Lipinski definition) is 0. The van der Waals surface area contributed by atoms with Gasteiger partial charge in [0.05, 0.1) is 12.7 Å². The van der Waals surface area contributed by atoms with Gasteiger partial charge in [-0.3, -0.25) is 0 Å². The number of nitrogens with zero attached hydrogens (tertiary/aromatic N) is 1. The van der Waals surface area contributed by atoms with Crippen LogP contribution in [0.25, 0.3) is 0 Å². The number of benzene rings is 1. The van der Waals surface area contributed by atoms with Gasteiger partial charge in [-0.2, -0.15) is 0 Å². The van der Waals surface area contributed by atoms with Crippen molar-refractivity contribution in [1.29, 1.82) is 0 Å². The monoisotopic (exact) mass is 317 g/mol. The summed E-state index contributed by atoms with van der Waals surface area (Å²) in [5, 5.41) is 1.60. The van der Waals surface area contributed by atoms with Crippen molar-refractivity contribution in [1.82, 2.24) is 0 Å². The summed E-state index contributed by atoms with van der Waals surface area (Å²) in [6, 6.07) is 6.48. The van der Waals surface area contributed by atoms with E-state index in [0.717, 1.165) is 29.1 Å². The summed E-state index contributed by atoms with van der Waals surface area (Å²) in [5.74, 6) is 0. The third-order valence-electron chi connectivity index (χ3n) is 3.14. The van der Waals surface area contributed by atoms with Gasteiger partial charge in [0, 0.05) is 34.2 Å². The Morgan fingerprint density at radius 3 is 2.94 bits per heavy atom. The zero-order valence-corrected chi connectivity index (χ0v) is 12.5. The highest BCUT2D eigenvalue weighted by Gasteiger charge is 2.25. The predicted molar refractivity (Wildman–Crippen MR) is 76.3 cm³/mol. The molecule has 17 heavy (non-hydrogen) atoms. The van der Waals surface area contributed by atoms with Gasteiger partial charge in [-0.1, -0.05) is 33.6 Å². The van der Waals surface area contributed by atoms with Gasteiger partial charge in [0.2, 0.25) is 0 Å². The second-order valence-corrected chi connectivity index (χ2v) is 5.48. The maximum atomic E-state index is 6.24. The fourth-order valence-corrected chi connectivity index (χ4v) is 3.17. The van der Waals surface area contributed by atoms with Gasteiger partial charge in [0.15, 0.2) is 0 Å². The number of anilines is 1. The Hall–Kier alpha value is -0.250. The van der Waals surface area contributed by atoms with Gasteiger partial charge in [0.1, 0.15) is 0 Å². The van der Waals surface area contributed by atoms with Crippen LogP contribution in [0.5, 0.6) is 0 Å². The Bertz CT molecular complexity index is 399. The van der Waals surface area contributed by atoms with Crippen LogP contribution in [0.3, 0.4) is 0 Å². The average molecular weight is 319 g/mol. The molecule has 2 rings (SSSR count). The highest BCUT2D eigenvalue weighted by molar-refractivity contribution is 9.08. The van der Waals surface area contributed by atoms with E-state index in [2.05, 4.69) is 40.7 Å². The lowest BCUT2D eigenvalue weighted by Gasteiger charge is -2.39. The van der Waals surface area contributed by atoms with Crippen molar-refractivity contribution >= 4 is 33.2 Å². The van der Waals surface area contributed by atoms with Crippen molar-refractivity contribution in [2.24, 2.45) is 0 Å². The summed E-state index contributed by atoms with van der Waals surface area (Å²) in [7, 11) is 0. The lowest BCUT2D eigenvalue weighted by atomic mass is 10.1. The third-order valence-corrected chi connectivity index (χ3v) is 4.06. The van der Waals surface area contributed by atoms with Gasteiger partial charge in [-0.25, -0.2) is 0 Å². The largest absolute Gasteiger partial charge is 0.375 e. The van der Waals surface area contributed by atoms with Crippen LogP contribution in [-0.2, 0) is 10.1 Å².